The molecule has 186 valence electrons. The van der Waals surface area contributed by atoms with E-state index in [0.29, 0.717) is 19.4 Å². The van der Waals surface area contributed by atoms with Crippen molar-refractivity contribution in [2.45, 2.75) is 44.2 Å². The summed E-state index contributed by atoms with van der Waals surface area (Å²) in [7, 11) is 1.53. The number of nitrogens with one attached hydrogen (secondary N) is 1. The zero-order chi connectivity index (χ0) is 24.9. The number of fused-ring (bicyclic) bond motifs is 3. The number of carbonyl (C=O) groups is 3. The lowest BCUT2D eigenvalue weighted by Gasteiger charge is -2.39. The topological polar surface area (TPSA) is 105 Å². The Kier molecular flexibility index (Phi) is 7.70. The van der Waals surface area contributed by atoms with E-state index in [1.807, 2.05) is 36.4 Å². The molecule has 8 heteroatoms. The van der Waals surface area contributed by atoms with Crippen LogP contribution < -0.4 is 5.32 Å². The number of carboxylic acids is 1. The van der Waals surface area contributed by atoms with E-state index in [2.05, 4.69) is 17.4 Å². The van der Waals surface area contributed by atoms with E-state index in [1.54, 1.807) is 11.8 Å². The van der Waals surface area contributed by atoms with Crippen molar-refractivity contribution in [1.82, 2.24) is 10.2 Å². The van der Waals surface area contributed by atoms with Gasteiger partial charge in [0, 0.05) is 38.6 Å². The van der Waals surface area contributed by atoms with Crippen LogP contribution in [0.3, 0.4) is 0 Å². The van der Waals surface area contributed by atoms with Crippen molar-refractivity contribution in [2.24, 2.45) is 5.92 Å². The fourth-order valence-corrected chi connectivity index (χ4v) is 5.26. The molecule has 0 aromatic heterocycles. The SMILES string of the molecule is COCCC(NC(=O)OCC1c2ccccc2-c2ccccc21)C(=O)N1CCC[C@@H](C(=O)O)[C@H]1C. The molecule has 1 heterocycles. The summed E-state index contributed by atoms with van der Waals surface area (Å²) in [5.41, 5.74) is 4.49. The highest BCUT2D eigenvalue weighted by molar-refractivity contribution is 5.87. The molecule has 1 unspecified atom stereocenters. The van der Waals surface area contributed by atoms with Gasteiger partial charge in [0.2, 0.25) is 5.91 Å². The molecule has 8 nitrogen and oxygen atoms in total. The summed E-state index contributed by atoms with van der Waals surface area (Å²) in [5, 5.41) is 12.2. The van der Waals surface area contributed by atoms with Crippen LogP contribution in [0.25, 0.3) is 11.1 Å². The highest BCUT2D eigenvalue weighted by Gasteiger charge is 2.38. The Balaban J connectivity index is 1.43. The van der Waals surface area contributed by atoms with Crippen molar-refractivity contribution in [3.8, 4) is 11.1 Å². The average molecular weight is 481 g/mol. The lowest BCUT2D eigenvalue weighted by atomic mass is 9.89. The first-order valence-electron chi connectivity index (χ1n) is 12.1. The summed E-state index contributed by atoms with van der Waals surface area (Å²) in [6.07, 6.45) is 0.721. The third-order valence-corrected chi connectivity index (χ3v) is 7.13. The fourth-order valence-electron chi connectivity index (χ4n) is 5.26. The van der Waals surface area contributed by atoms with Crippen LogP contribution in [0.15, 0.2) is 48.5 Å². The number of aliphatic carboxylic acids is 1. The Bertz CT molecular complexity index is 1040. The Morgan fingerprint density at radius 3 is 2.31 bits per heavy atom. The largest absolute Gasteiger partial charge is 0.481 e. The van der Waals surface area contributed by atoms with Crippen molar-refractivity contribution in [2.75, 3.05) is 26.9 Å². The van der Waals surface area contributed by atoms with E-state index >= 15 is 0 Å². The van der Waals surface area contributed by atoms with Gasteiger partial charge in [-0.3, -0.25) is 9.59 Å². The molecule has 35 heavy (non-hydrogen) atoms. The molecule has 2 aromatic rings. The number of rotatable bonds is 8. The van der Waals surface area contributed by atoms with Gasteiger partial charge in [0.1, 0.15) is 12.6 Å². The van der Waals surface area contributed by atoms with Gasteiger partial charge in [0.25, 0.3) is 0 Å². The van der Waals surface area contributed by atoms with Gasteiger partial charge in [0.15, 0.2) is 0 Å². The second kappa shape index (κ2) is 10.9. The van der Waals surface area contributed by atoms with Gasteiger partial charge in [-0.1, -0.05) is 48.5 Å². The first kappa shape index (κ1) is 24.7. The normalized spacial score (nSPS) is 20.0. The van der Waals surface area contributed by atoms with E-state index in [-0.39, 0.29) is 31.5 Å². The number of hydrogen-bond donors (Lipinski definition) is 2. The molecule has 0 spiro atoms. The van der Waals surface area contributed by atoms with E-state index in [4.69, 9.17) is 9.47 Å². The van der Waals surface area contributed by atoms with E-state index in [9.17, 15) is 19.5 Å². The first-order chi connectivity index (χ1) is 16.9. The van der Waals surface area contributed by atoms with Crippen molar-refractivity contribution in [1.29, 1.82) is 0 Å². The minimum Gasteiger partial charge on any atom is -0.481 e. The molecule has 0 saturated carbocycles. The van der Waals surface area contributed by atoms with E-state index < -0.39 is 30.1 Å². The number of carboxylic acid groups (broad SMARTS) is 1. The summed E-state index contributed by atoms with van der Waals surface area (Å²) in [4.78, 5) is 39.3. The number of amides is 2. The molecular formula is C27H32N2O6. The third kappa shape index (κ3) is 5.17. The molecular weight excluding hydrogens is 448 g/mol. The van der Waals surface area contributed by atoms with Gasteiger partial charge in [0.05, 0.1) is 5.92 Å². The number of ether oxygens (including phenoxy) is 2. The van der Waals surface area contributed by atoms with Crippen LogP contribution in [0.5, 0.6) is 0 Å². The van der Waals surface area contributed by atoms with E-state index in [1.165, 1.54) is 7.11 Å². The number of methoxy groups -OCH3 is 1. The van der Waals surface area contributed by atoms with Gasteiger partial charge >= 0.3 is 12.1 Å². The van der Waals surface area contributed by atoms with Gasteiger partial charge in [-0.15, -0.1) is 0 Å². The third-order valence-electron chi connectivity index (χ3n) is 7.13. The Morgan fingerprint density at radius 2 is 1.71 bits per heavy atom. The number of benzene rings is 2. The molecule has 1 aliphatic carbocycles. The molecule has 0 radical (unpaired) electrons. The highest BCUT2D eigenvalue weighted by Crippen LogP contribution is 2.44. The molecule has 0 bridgehead atoms. The summed E-state index contributed by atoms with van der Waals surface area (Å²) in [6.45, 7) is 2.62. The number of hydrogen-bond acceptors (Lipinski definition) is 5. The molecule has 2 amide bonds. The van der Waals surface area contributed by atoms with Crippen LogP contribution in [-0.4, -0.2) is 66.9 Å². The Morgan fingerprint density at radius 1 is 1.09 bits per heavy atom. The van der Waals surface area contributed by atoms with Crippen LogP contribution >= 0.6 is 0 Å². The molecule has 1 saturated heterocycles. The number of alkyl carbamates (subject to hydrolysis) is 1. The first-order valence-corrected chi connectivity index (χ1v) is 12.1. The predicted octanol–water partition coefficient (Wildman–Crippen LogP) is 3.64. The van der Waals surface area contributed by atoms with Crippen molar-refractivity contribution in [3.63, 3.8) is 0 Å². The van der Waals surface area contributed by atoms with Crippen LogP contribution in [0.4, 0.5) is 4.79 Å². The van der Waals surface area contributed by atoms with Crippen LogP contribution in [0, 0.1) is 5.92 Å². The smallest absolute Gasteiger partial charge is 0.407 e. The Labute approximate surface area is 205 Å². The monoisotopic (exact) mass is 480 g/mol. The predicted molar refractivity (Wildman–Crippen MR) is 130 cm³/mol. The van der Waals surface area contributed by atoms with Gasteiger partial charge < -0.3 is 24.8 Å². The number of nitrogens with zero attached hydrogens (tertiary/aromatic N) is 1. The quantitative estimate of drug-likeness (QED) is 0.598. The summed E-state index contributed by atoms with van der Waals surface area (Å²) >= 11 is 0. The zero-order valence-corrected chi connectivity index (χ0v) is 20.1. The number of piperidine rings is 1. The molecule has 1 fully saturated rings. The average Bonchev–Trinajstić information content (AvgIpc) is 3.18. The van der Waals surface area contributed by atoms with Crippen LogP contribution in [-0.2, 0) is 19.1 Å². The zero-order valence-electron chi connectivity index (χ0n) is 20.1. The van der Waals surface area contributed by atoms with Crippen LogP contribution in [0.1, 0.15) is 43.2 Å². The second-order valence-electron chi connectivity index (χ2n) is 9.16. The maximum absolute atomic E-state index is 13.3. The summed E-state index contributed by atoms with van der Waals surface area (Å²) in [6, 6.07) is 14.8. The molecule has 2 aliphatic rings. The Hall–Kier alpha value is -3.39. The lowest BCUT2D eigenvalue weighted by Crippen LogP contribution is -2.56. The van der Waals surface area contributed by atoms with Crippen molar-refractivity contribution >= 4 is 18.0 Å². The van der Waals surface area contributed by atoms with Gasteiger partial charge in [-0.25, -0.2) is 4.79 Å². The highest BCUT2D eigenvalue weighted by atomic mass is 16.5. The lowest BCUT2D eigenvalue weighted by molar-refractivity contribution is -0.150. The van der Waals surface area contributed by atoms with Gasteiger partial charge in [-0.2, -0.15) is 0 Å². The number of carbonyl (C=O) groups excluding carboxylic acids is 2. The maximum atomic E-state index is 13.3. The molecule has 2 aromatic carbocycles. The van der Waals surface area contributed by atoms with Crippen molar-refractivity contribution < 1.29 is 29.0 Å². The minimum absolute atomic E-state index is 0.0836. The molecule has 3 atom stereocenters. The minimum atomic E-state index is -0.909. The fraction of sp³-hybridized carbons (Fsp3) is 0.444. The molecule has 2 N–H and O–H groups in total. The standard InChI is InChI=1S/C27H32N2O6/c1-17-18(26(31)32)12-7-14-29(17)25(30)24(13-15-34-2)28-27(33)35-16-23-21-10-5-3-8-19(21)20-9-4-6-11-22(20)23/h3-6,8-11,17-18,23-24H,7,12-16H2,1-2H3,(H,28,33)(H,31,32)/t17-,18-,24?/m1/s1. The number of likely N-dealkylation sites (tertiary alicyclic amines) is 1. The molecule has 4 rings (SSSR count). The van der Waals surface area contributed by atoms with Gasteiger partial charge in [-0.05, 0) is 42.0 Å². The summed E-state index contributed by atoms with van der Waals surface area (Å²) < 4.78 is 10.8. The van der Waals surface area contributed by atoms with E-state index in [0.717, 1.165) is 22.3 Å². The second-order valence-corrected chi connectivity index (χ2v) is 9.16. The summed E-state index contributed by atoms with van der Waals surface area (Å²) in [5.74, 6) is -1.92. The van der Waals surface area contributed by atoms with Crippen molar-refractivity contribution in [3.05, 3.63) is 59.7 Å². The molecule has 1 aliphatic heterocycles. The maximum Gasteiger partial charge on any atom is 0.407 e. The van der Waals surface area contributed by atoms with Crippen LogP contribution in [0.2, 0.25) is 0 Å².